The van der Waals surface area contributed by atoms with Gasteiger partial charge in [0, 0.05) is 6.92 Å². The molecule has 0 amide bonds. The van der Waals surface area contributed by atoms with Crippen LogP contribution in [0.4, 0.5) is 0 Å². The molecule has 1 heterocycles. The minimum absolute atomic E-state index is 0.0887. The summed E-state index contributed by atoms with van der Waals surface area (Å²) in [6, 6.07) is 4.13. The van der Waals surface area contributed by atoms with Crippen LogP contribution in [0, 0.1) is 0 Å². The number of aryl methyl sites for hydroxylation is 1. The molecule has 0 fully saturated rings. The molecule has 0 saturated heterocycles. The second kappa shape index (κ2) is 5.18. The molecule has 0 aromatic heterocycles. The highest BCUT2D eigenvalue weighted by molar-refractivity contribution is 7.91. The van der Waals surface area contributed by atoms with Crippen molar-refractivity contribution in [3.05, 3.63) is 29.3 Å². The minimum atomic E-state index is -3.14. The summed E-state index contributed by atoms with van der Waals surface area (Å²) >= 11 is 0. The van der Waals surface area contributed by atoms with Gasteiger partial charge in [-0.15, -0.1) is 0 Å². The number of hydrogen-bond acceptors (Lipinski definition) is 4. The van der Waals surface area contributed by atoms with Crippen LogP contribution in [0.1, 0.15) is 22.8 Å². The lowest BCUT2D eigenvalue weighted by Crippen LogP contribution is -2.00. The summed E-state index contributed by atoms with van der Waals surface area (Å²) in [6.07, 6.45) is 0.415. The predicted octanol–water partition coefficient (Wildman–Crippen LogP) is 0.805. The standard InChI is InChI=1S/C9H8O4S.C2H4O2/c10-9(11)7-1-2-8-6(5-7)3-4-14(8,12)13;1-2(3)4/h1-2,5H,3-4H2,(H,10,11);1H3,(H,3,4). The molecule has 1 aromatic rings. The Balaban J connectivity index is 0.000000357. The van der Waals surface area contributed by atoms with Gasteiger partial charge in [-0.25, -0.2) is 13.2 Å². The molecule has 0 bridgehead atoms. The Labute approximate surface area is 104 Å². The summed E-state index contributed by atoms with van der Waals surface area (Å²) in [6.45, 7) is 1.08. The first kappa shape index (κ1) is 14.2. The normalized spacial score (nSPS) is 15.2. The first-order valence-corrected chi connectivity index (χ1v) is 6.68. The number of sulfone groups is 1. The van der Waals surface area contributed by atoms with Crippen molar-refractivity contribution in [2.45, 2.75) is 18.2 Å². The molecule has 0 radical (unpaired) electrons. The maximum absolute atomic E-state index is 11.4. The van der Waals surface area contributed by atoms with E-state index in [2.05, 4.69) is 0 Å². The van der Waals surface area contributed by atoms with Crippen molar-refractivity contribution in [1.29, 1.82) is 0 Å². The highest BCUT2D eigenvalue weighted by Gasteiger charge is 2.26. The van der Waals surface area contributed by atoms with Crippen LogP contribution in [0.5, 0.6) is 0 Å². The number of carboxylic acid groups (broad SMARTS) is 2. The average molecular weight is 272 g/mol. The van der Waals surface area contributed by atoms with Gasteiger partial charge in [-0.2, -0.15) is 0 Å². The topological polar surface area (TPSA) is 109 Å². The lowest BCUT2D eigenvalue weighted by molar-refractivity contribution is -0.134. The number of carboxylic acids is 2. The number of hydrogen-bond donors (Lipinski definition) is 2. The van der Waals surface area contributed by atoms with Gasteiger partial charge in [0.25, 0.3) is 5.97 Å². The summed E-state index contributed by atoms with van der Waals surface area (Å²) in [5.41, 5.74) is 0.755. The van der Waals surface area contributed by atoms with Gasteiger partial charge in [0.15, 0.2) is 9.84 Å². The molecular weight excluding hydrogens is 260 g/mol. The van der Waals surface area contributed by atoms with Crippen molar-refractivity contribution >= 4 is 21.8 Å². The Morgan fingerprint density at radius 2 is 1.78 bits per heavy atom. The first-order valence-electron chi connectivity index (χ1n) is 5.02. The van der Waals surface area contributed by atoms with Crippen molar-refractivity contribution in [2.75, 3.05) is 5.75 Å². The van der Waals surface area contributed by atoms with E-state index in [4.69, 9.17) is 15.0 Å². The predicted molar refractivity (Wildman–Crippen MR) is 62.5 cm³/mol. The Kier molecular flexibility index (Phi) is 4.07. The molecule has 1 aromatic carbocycles. The van der Waals surface area contributed by atoms with Crippen molar-refractivity contribution in [3.63, 3.8) is 0 Å². The van der Waals surface area contributed by atoms with Gasteiger partial charge in [0.2, 0.25) is 0 Å². The van der Waals surface area contributed by atoms with Crippen molar-refractivity contribution in [1.82, 2.24) is 0 Å². The number of benzene rings is 1. The van der Waals surface area contributed by atoms with Gasteiger partial charge in [-0.3, -0.25) is 4.79 Å². The van der Waals surface area contributed by atoms with Gasteiger partial charge >= 0.3 is 5.97 Å². The lowest BCUT2D eigenvalue weighted by atomic mass is 10.1. The third-order valence-corrected chi connectivity index (χ3v) is 4.09. The smallest absolute Gasteiger partial charge is 0.335 e. The molecule has 18 heavy (non-hydrogen) atoms. The molecular formula is C11H12O6S. The monoisotopic (exact) mass is 272 g/mol. The van der Waals surface area contributed by atoms with Crippen LogP contribution in [0.2, 0.25) is 0 Å². The highest BCUT2D eigenvalue weighted by atomic mass is 32.2. The summed E-state index contributed by atoms with van der Waals surface area (Å²) in [5, 5.41) is 16.1. The molecule has 98 valence electrons. The number of aromatic carboxylic acids is 1. The quantitative estimate of drug-likeness (QED) is 0.782. The van der Waals surface area contributed by atoms with Crippen LogP contribution in [0.3, 0.4) is 0 Å². The molecule has 2 rings (SSSR count). The molecule has 2 N–H and O–H groups in total. The third kappa shape index (κ3) is 3.30. The maximum Gasteiger partial charge on any atom is 0.335 e. The van der Waals surface area contributed by atoms with Gasteiger partial charge < -0.3 is 10.2 Å². The van der Waals surface area contributed by atoms with Gasteiger partial charge in [0.05, 0.1) is 16.2 Å². The summed E-state index contributed by atoms with van der Waals surface area (Å²) in [4.78, 5) is 19.9. The van der Waals surface area contributed by atoms with Crippen LogP contribution < -0.4 is 0 Å². The zero-order valence-electron chi connectivity index (χ0n) is 9.58. The largest absolute Gasteiger partial charge is 0.481 e. The van der Waals surface area contributed by atoms with E-state index in [0.29, 0.717) is 12.0 Å². The van der Waals surface area contributed by atoms with Crippen LogP contribution >= 0.6 is 0 Å². The van der Waals surface area contributed by atoms with Gasteiger partial charge in [-0.05, 0) is 30.2 Å². The van der Waals surface area contributed by atoms with E-state index < -0.39 is 21.8 Å². The molecule has 0 saturated carbocycles. The first-order chi connectivity index (χ1) is 8.24. The average Bonchev–Trinajstić information content (AvgIpc) is 2.54. The Morgan fingerprint density at radius 3 is 2.28 bits per heavy atom. The zero-order chi connectivity index (χ0) is 13.9. The van der Waals surface area contributed by atoms with E-state index in [1.807, 2.05) is 0 Å². The molecule has 0 unspecified atom stereocenters. The second-order valence-corrected chi connectivity index (χ2v) is 5.79. The summed E-state index contributed by atoms with van der Waals surface area (Å²) in [7, 11) is -3.14. The van der Waals surface area contributed by atoms with Gasteiger partial charge in [-0.1, -0.05) is 0 Å². The fourth-order valence-electron chi connectivity index (χ4n) is 1.57. The van der Waals surface area contributed by atoms with Crippen molar-refractivity contribution in [3.8, 4) is 0 Å². The Morgan fingerprint density at radius 1 is 1.22 bits per heavy atom. The van der Waals surface area contributed by atoms with Crippen LogP contribution in [-0.2, 0) is 21.1 Å². The zero-order valence-corrected chi connectivity index (χ0v) is 10.4. The SMILES string of the molecule is CC(=O)O.O=C(O)c1ccc2c(c1)CCS2(=O)=O. The molecule has 0 spiro atoms. The van der Waals surface area contributed by atoms with Crippen molar-refractivity contribution < 1.29 is 28.2 Å². The molecule has 6 nitrogen and oxygen atoms in total. The van der Waals surface area contributed by atoms with Crippen molar-refractivity contribution in [2.24, 2.45) is 0 Å². The van der Waals surface area contributed by atoms with E-state index in [1.165, 1.54) is 18.2 Å². The molecule has 7 heteroatoms. The number of carbonyl (C=O) groups is 2. The molecule has 0 atom stereocenters. The summed E-state index contributed by atoms with van der Waals surface area (Å²) < 4.78 is 22.8. The second-order valence-electron chi connectivity index (χ2n) is 3.72. The van der Waals surface area contributed by atoms with Crippen LogP contribution in [0.15, 0.2) is 23.1 Å². The number of rotatable bonds is 1. The third-order valence-electron chi connectivity index (χ3n) is 2.28. The Bertz CT molecular complexity index is 584. The minimum Gasteiger partial charge on any atom is -0.481 e. The highest BCUT2D eigenvalue weighted by Crippen LogP contribution is 2.26. The van der Waals surface area contributed by atoms with Crippen LogP contribution in [-0.4, -0.2) is 36.3 Å². The van der Waals surface area contributed by atoms with E-state index in [0.717, 1.165) is 6.92 Å². The van der Waals surface area contributed by atoms with E-state index in [1.54, 1.807) is 0 Å². The molecule has 1 aliphatic rings. The lowest BCUT2D eigenvalue weighted by Gasteiger charge is -1.99. The number of aliphatic carboxylic acids is 1. The fourth-order valence-corrected chi connectivity index (χ4v) is 3.11. The molecule has 0 aliphatic carbocycles. The number of fused-ring (bicyclic) bond motifs is 1. The van der Waals surface area contributed by atoms with E-state index >= 15 is 0 Å². The van der Waals surface area contributed by atoms with E-state index in [9.17, 15) is 13.2 Å². The van der Waals surface area contributed by atoms with E-state index in [-0.39, 0.29) is 16.2 Å². The molecule has 1 aliphatic heterocycles. The van der Waals surface area contributed by atoms with Gasteiger partial charge in [0.1, 0.15) is 0 Å². The van der Waals surface area contributed by atoms with Crippen LogP contribution in [0.25, 0.3) is 0 Å². The maximum atomic E-state index is 11.4. The Hall–Kier alpha value is -1.89. The summed E-state index contributed by atoms with van der Waals surface area (Å²) in [5.74, 6) is -1.78. The fraction of sp³-hybridized carbons (Fsp3) is 0.273.